The first-order valence-electron chi connectivity index (χ1n) is 7.37. The summed E-state index contributed by atoms with van der Waals surface area (Å²) in [7, 11) is 0. The number of urea groups is 2. The number of carbonyl (C=O) groups excluding carboxylic acids is 3. The van der Waals surface area contributed by atoms with Crippen molar-refractivity contribution in [3.05, 3.63) is 41.7 Å². The van der Waals surface area contributed by atoms with Crippen LogP contribution in [0.3, 0.4) is 0 Å². The SMILES string of the molecule is O=C1NC(=O)N2C3=CN(C(=O)Nc4ccc(C(F)(F)F)cc4)C(C3)C12. The number of hydrogen-bond donors (Lipinski definition) is 2. The van der Waals surface area contributed by atoms with Crippen molar-refractivity contribution in [3.63, 3.8) is 0 Å². The van der Waals surface area contributed by atoms with Crippen molar-refractivity contribution in [1.29, 1.82) is 0 Å². The lowest BCUT2D eigenvalue weighted by Gasteiger charge is -2.29. The van der Waals surface area contributed by atoms with Gasteiger partial charge in [-0.1, -0.05) is 0 Å². The Hall–Kier alpha value is -3.04. The predicted molar refractivity (Wildman–Crippen MR) is 78.0 cm³/mol. The van der Waals surface area contributed by atoms with E-state index >= 15 is 0 Å². The fraction of sp³-hybridized carbons (Fsp3) is 0.267. The molecule has 5 amide bonds. The monoisotopic (exact) mass is 352 g/mol. The van der Waals surface area contributed by atoms with Gasteiger partial charge in [-0.15, -0.1) is 0 Å². The molecular weight excluding hydrogens is 341 g/mol. The van der Waals surface area contributed by atoms with Gasteiger partial charge in [0.1, 0.15) is 6.04 Å². The molecule has 2 unspecified atom stereocenters. The summed E-state index contributed by atoms with van der Waals surface area (Å²) < 4.78 is 37.6. The summed E-state index contributed by atoms with van der Waals surface area (Å²) in [6, 6.07) is 1.69. The summed E-state index contributed by atoms with van der Waals surface area (Å²) >= 11 is 0. The van der Waals surface area contributed by atoms with Crippen LogP contribution in [0.2, 0.25) is 0 Å². The quantitative estimate of drug-likeness (QED) is 0.760. The first-order chi connectivity index (χ1) is 11.8. The molecule has 2 fully saturated rings. The molecule has 0 saturated carbocycles. The largest absolute Gasteiger partial charge is 0.416 e. The topological polar surface area (TPSA) is 81.8 Å². The van der Waals surface area contributed by atoms with Crippen molar-refractivity contribution in [2.45, 2.75) is 24.7 Å². The number of amides is 5. The molecule has 3 aliphatic heterocycles. The predicted octanol–water partition coefficient (Wildman–Crippen LogP) is 2.09. The molecule has 0 aliphatic carbocycles. The van der Waals surface area contributed by atoms with Gasteiger partial charge in [0.2, 0.25) is 0 Å². The molecule has 0 aromatic heterocycles. The van der Waals surface area contributed by atoms with Crippen LogP contribution in [0.25, 0.3) is 0 Å². The van der Waals surface area contributed by atoms with Gasteiger partial charge in [-0.05, 0) is 24.3 Å². The van der Waals surface area contributed by atoms with E-state index in [0.717, 1.165) is 24.3 Å². The van der Waals surface area contributed by atoms with Gasteiger partial charge in [0, 0.05) is 24.0 Å². The maximum atomic E-state index is 12.5. The summed E-state index contributed by atoms with van der Waals surface area (Å²) in [5, 5.41) is 4.68. The second-order valence-electron chi connectivity index (χ2n) is 5.91. The lowest BCUT2D eigenvalue weighted by atomic mass is 10.1. The minimum absolute atomic E-state index is 0.197. The molecule has 2 N–H and O–H groups in total. The number of carbonyl (C=O) groups is 3. The van der Waals surface area contributed by atoms with Crippen molar-refractivity contribution in [2.24, 2.45) is 0 Å². The number of hydrogen-bond acceptors (Lipinski definition) is 3. The number of anilines is 1. The summed E-state index contributed by atoms with van der Waals surface area (Å²) in [4.78, 5) is 38.5. The average molecular weight is 352 g/mol. The highest BCUT2D eigenvalue weighted by molar-refractivity contribution is 6.07. The molecule has 2 atom stereocenters. The van der Waals surface area contributed by atoms with Crippen molar-refractivity contribution in [1.82, 2.24) is 15.1 Å². The van der Waals surface area contributed by atoms with Gasteiger partial charge in [-0.3, -0.25) is 19.9 Å². The molecular formula is C15H11F3N4O3. The highest BCUT2D eigenvalue weighted by atomic mass is 19.4. The van der Waals surface area contributed by atoms with E-state index in [0.29, 0.717) is 12.1 Å². The first-order valence-corrected chi connectivity index (χ1v) is 7.37. The average Bonchev–Trinajstić information content (AvgIpc) is 3.19. The number of alkyl halides is 3. The van der Waals surface area contributed by atoms with Crippen LogP contribution in [0.5, 0.6) is 0 Å². The van der Waals surface area contributed by atoms with Gasteiger partial charge in [0.15, 0.2) is 0 Å². The van der Waals surface area contributed by atoms with E-state index in [4.69, 9.17) is 0 Å². The Balaban J connectivity index is 1.50. The van der Waals surface area contributed by atoms with Gasteiger partial charge in [-0.25, -0.2) is 9.59 Å². The molecule has 3 heterocycles. The third-order valence-corrected chi connectivity index (χ3v) is 4.43. The van der Waals surface area contributed by atoms with Crippen molar-refractivity contribution >= 4 is 23.7 Å². The number of fused-ring (bicyclic) bond motifs is 5. The number of benzene rings is 1. The van der Waals surface area contributed by atoms with Gasteiger partial charge >= 0.3 is 18.2 Å². The Kier molecular flexibility index (Phi) is 3.08. The standard InChI is InChI=1S/C15H11F3N4O3/c16-15(17,18)7-1-3-8(4-2-7)19-13(24)21-6-9-5-10(21)11-12(23)20-14(25)22(9)11/h1-4,6,10-11H,5H2,(H,19,24)(H,20,23,25). The minimum atomic E-state index is -4.45. The van der Waals surface area contributed by atoms with E-state index in [1.807, 2.05) is 0 Å². The molecule has 2 saturated heterocycles. The maximum Gasteiger partial charge on any atom is 0.416 e. The van der Waals surface area contributed by atoms with Crippen LogP contribution in [0.15, 0.2) is 36.2 Å². The lowest BCUT2D eigenvalue weighted by Crippen LogP contribution is -2.49. The molecule has 130 valence electrons. The number of rotatable bonds is 1. The maximum absolute atomic E-state index is 12.5. The van der Waals surface area contributed by atoms with Gasteiger partial charge in [0.25, 0.3) is 5.91 Å². The summed E-state index contributed by atoms with van der Waals surface area (Å²) in [6.07, 6.45) is -2.60. The van der Waals surface area contributed by atoms with Crippen LogP contribution in [0.1, 0.15) is 12.0 Å². The Morgan fingerprint density at radius 2 is 1.88 bits per heavy atom. The normalized spacial score (nSPS) is 24.4. The summed E-state index contributed by atoms with van der Waals surface area (Å²) in [6.45, 7) is 0. The van der Waals surface area contributed by atoms with Crippen LogP contribution in [-0.2, 0) is 11.0 Å². The van der Waals surface area contributed by atoms with Gasteiger partial charge < -0.3 is 5.32 Å². The second-order valence-corrected chi connectivity index (χ2v) is 5.91. The second kappa shape index (κ2) is 4.98. The molecule has 25 heavy (non-hydrogen) atoms. The fourth-order valence-corrected chi connectivity index (χ4v) is 3.32. The highest BCUT2D eigenvalue weighted by Gasteiger charge is 2.56. The van der Waals surface area contributed by atoms with Gasteiger partial charge in [0.05, 0.1) is 11.6 Å². The third-order valence-electron chi connectivity index (χ3n) is 4.43. The number of imide groups is 1. The van der Waals surface area contributed by atoms with Crippen LogP contribution in [-0.4, -0.2) is 39.9 Å². The Labute approximate surface area is 139 Å². The molecule has 2 bridgehead atoms. The van der Waals surface area contributed by atoms with Crippen molar-refractivity contribution in [2.75, 3.05) is 5.32 Å². The van der Waals surface area contributed by atoms with E-state index in [1.165, 1.54) is 16.0 Å². The molecule has 7 nitrogen and oxygen atoms in total. The van der Waals surface area contributed by atoms with E-state index in [1.54, 1.807) is 0 Å². The minimum Gasteiger partial charge on any atom is -0.308 e. The molecule has 0 radical (unpaired) electrons. The van der Waals surface area contributed by atoms with E-state index < -0.39 is 41.8 Å². The first kappa shape index (κ1) is 15.5. The van der Waals surface area contributed by atoms with Crippen molar-refractivity contribution < 1.29 is 27.6 Å². The lowest BCUT2D eigenvalue weighted by molar-refractivity contribution is -0.137. The molecule has 10 heteroatoms. The zero-order valence-electron chi connectivity index (χ0n) is 12.5. The number of halogens is 3. The van der Waals surface area contributed by atoms with Crippen LogP contribution in [0.4, 0.5) is 28.4 Å². The Morgan fingerprint density at radius 1 is 1.20 bits per heavy atom. The Morgan fingerprint density at radius 3 is 2.52 bits per heavy atom. The molecule has 3 aliphatic rings. The van der Waals surface area contributed by atoms with E-state index in [-0.39, 0.29) is 5.69 Å². The van der Waals surface area contributed by atoms with Gasteiger partial charge in [-0.2, -0.15) is 13.2 Å². The fourth-order valence-electron chi connectivity index (χ4n) is 3.32. The number of nitrogens with one attached hydrogen (secondary N) is 2. The zero-order valence-corrected chi connectivity index (χ0v) is 12.5. The zero-order chi connectivity index (χ0) is 17.9. The van der Waals surface area contributed by atoms with Crippen LogP contribution >= 0.6 is 0 Å². The van der Waals surface area contributed by atoms with Crippen molar-refractivity contribution in [3.8, 4) is 0 Å². The Bertz CT molecular complexity index is 818. The third kappa shape index (κ3) is 2.32. The van der Waals surface area contributed by atoms with E-state index in [2.05, 4.69) is 10.6 Å². The molecule has 0 spiro atoms. The van der Waals surface area contributed by atoms with E-state index in [9.17, 15) is 27.6 Å². The van der Waals surface area contributed by atoms with Crippen LogP contribution in [0, 0.1) is 0 Å². The number of nitrogens with zero attached hydrogens (tertiary/aromatic N) is 2. The smallest absolute Gasteiger partial charge is 0.308 e. The molecule has 4 rings (SSSR count). The summed E-state index contributed by atoms with van der Waals surface area (Å²) in [5.74, 6) is -0.467. The molecule has 1 aromatic rings. The molecule has 1 aromatic carbocycles. The highest BCUT2D eigenvalue weighted by Crippen LogP contribution is 2.40. The van der Waals surface area contributed by atoms with Crippen LogP contribution < -0.4 is 10.6 Å². The summed E-state index contributed by atoms with van der Waals surface area (Å²) in [5.41, 5.74) is -0.0615.